The van der Waals surface area contributed by atoms with Crippen LogP contribution in [0.4, 0.5) is 0 Å². The Hall–Kier alpha value is 0.300. The number of alkyl halides is 3. The van der Waals surface area contributed by atoms with Gasteiger partial charge in [-0.1, -0.05) is 112 Å². The molecule has 0 aliphatic rings. The molecule has 0 saturated carbocycles. The lowest BCUT2D eigenvalue weighted by molar-refractivity contribution is -0.145. The number of aliphatic hydroxyl groups is 1. The number of rotatable bonds is 15. The van der Waals surface area contributed by atoms with Crippen LogP contribution < -0.4 is 0 Å². The van der Waals surface area contributed by atoms with E-state index >= 15 is 0 Å². The lowest BCUT2D eigenvalue weighted by atomic mass is 10.0. The number of ether oxygens (including phenoxy) is 1. The van der Waals surface area contributed by atoms with Crippen LogP contribution in [0.15, 0.2) is 0 Å². The molecule has 0 unspecified atom stereocenters. The van der Waals surface area contributed by atoms with E-state index in [0.717, 1.165) is 12.8 Å². The van der Waals surface area contributed by atoms with Crippen LogP contribution >= 0.6 is 34.8 Å². The summed E-state index contributed by atoms with van der Waals surface area (Å²) in [7, 11) is 0. The van der Waals surface area contributed by atoms with Crippen molar-refractivity contribution in [3.63, 3.8) is 0 Å². The molecule has 144 valence electrons. The maximum Gasteiger partial charge on any atom is 0.308 e. The molecule has 0 aliphatic heterocycles. The normalized spacial score (nSPS) is 13.0. The van der Waals surface area contributed by atoms with E-state index < -0.39 is 15.9 Å². The second-order valence-electron chi connectivity index (χ2n) is 6.46. The molecule has 24 heavy (non-hydrogen) atoms. The predicted molar refractivity (Wildman–Crippen MR) is 103 cm³/mol. The number of carbonyl (C=O) groups excluding carboxylic acids is 1. The summed E-state index contributed by atoms with van der Waals surface area (Å²) in [5.41, 5.74) is 0. The van der Waals surface area contributed by atoms with Crippen molar-refractivity contribution in [1.82, 2.24) is 0 Å². The molecule has 0 rings (SSSR count). The van der Waals surface area contributed by atoms with Crippen molar-refractivity contribution in [3.8, 4) is 0 Å². The number of unbranched alkanes of at least 4 members (excludes halogenated alkanes) is 10. The van der Waals surface area contributed by atoms with Crippen LogP contribution in [0.25, 0.3) is 0 Å². The number of hydrogen-bond acceptors (Lipinski definition) is 3. The summed E-state index contributed by atoms with van der Waals surface area (Å²) in [5.74, 6) is -0.531. The van der Waals surface area contributed by atoms with Gasteiger partial charge in [-0.05, 0) is 6.42 Å². The Morgan fingerprint density at radius 3 is 1.83 bits per heavy atom. The molecule has 0 aromatic carbocycles. The van der Waals surface area contributed by atoms with Crippen molar-refractivity contribution >= 4 is 40.8 Å². The summed E-state index contributed by atoms with van der Waals surface area (Å²) in [6.07, 6.45) is 13.8. The maximum atomic E-state index is 11.4. The van der Waals surface area contributed by atoms with E-state index in [0.29, 0.717) is 6.42 Å². The van der Waals surface area contributed by atoms with Crippen molar-refractivity contribution in [3.05, 3.63) is 0 Å². The van der Waals surface area contributed by atoms with Crippen LogP contribution in [0.3, 0.4) is 0 Å². The van der Waals surface area contributed by atoms with E-state index in [1.165, 1.54) is 57.8 Å². The molecule has 0 amide bonds. The summed E-state index contributed by atoms with van der Waals surface area (Å²) >= 11 is 16.5. The minimum Gasteiger partial charge on any atom is -0.461 e. The summed E-state index contributed by atoms with van der Waals surface area (Å²) in [6.45, 7) is 1.95. The minimum absolute atomic E-state index is 0.0431. The fourth-order valence-electron chi connectivity index (χ4n) is 2.56. The SMILES string of the molecule is CCCCCCCCCCCCC[C@H](O)CC(=O)OCC(Cl)(Cl)Cl. The van der Waals surface area contributed by atoms with Crippen LogP contribution in [-0.2, 0) is 9.53 Å². The molecule has 0 aromatic heterocycles. The largest absolute Gasteiger partial charge is 0.461 e. The Morgan fingerprint density at radius 2 is 1.38 bits per heavy atom. The quantitative estimate of drug-likeness (QED) is 0.197. The molecule has 0 fully saturated rings. The Morgan fingerprint density at radius 1 is 0.917 bits per heavy atom. The first-order valence-electron chi connectivity index (χ1n) is 9.25. The lowest BCUT2D eigenvalue weighted by Gasteiger charge is -2.13. The number of carbonyl (C=O) groups is 1. The van der Waals surface area contributed by atoms with E-state index in [4.69, 9.17) is 39.5 Å². The van der Waals surface area contributed by atoms with E-state index in [1.807, 2.05) is 0 Å². The van der Waals surface area contributed by atoms with E-state index in [9.17, 15) is 9.90 Å². The van der Waals surface area contributed by atoms with Gasteiger partial charge in [-0.3, -0.25) is 4.79 Å². The fourth-order valence-corrected chi connectivity index (χ4v) is 2.72. The van der Waals surface area contributed by atoms with E-state index in [-0.39, 0.29) is 13.0 Å². The molecule has 0 spiro atoms. The number of aliphatic hydroxyl groups excluding tert-OH is 1. The average molecular weight is 404 g/mol. The highest BCUT2D eigenvalue weighted by Crippen LogP contribution is 2.26. The first kappa shape index (κ1) is 24.3. The zero-order valence-electron chi connectivity index (χ0n) is 14.9. The predicted octanol–water partition coefficient (Wildman–Crippen LogP) is 6.35. The molecule has 0 saturated heterocycles. The zero-order valence-corrected chi connectivity index (χ0v) is 17.1. The zero-order chi connectivity index (χ0) is 18.3. The molecule has 0 aliphatic carbocycles. The third kappa shape index (κ3) is 18.6. The molecular weight excluding hydrogens is 371 g/mol. The van der Waals surface area contributed by atoms with Gasteiger partial charge in [-0.15, -0.1) is 0 Å². The van der Waals surface area contributed by atoms with Gasteiger partial charge in [0.05, 0.1) is 12.5 Å². The Kier molecular flexibility index (Phi) is 15.7. The van der Waals surface area contributed by atoms with Gasteiger partial charge in [0.25, 0.3) is 0 Å². The monoisotopic (exact) mass is 402 g/mol. The Labute approximate surface area is 162 Å². The molecule has 0 bridgehead atoms. The van der Waals surface area contributed by atoms with Gasteiger partial charge >= 0.3 is 5.97 Å². The molecule has 0 radical (unpaired) electrons. The molecule has 0 heterocycles. The van der Waals surface area contributed by atoms with Crippen LogP contribution in [-0.4, -0.2) is 27.6 Å². The van der Waals surface area contributed by atoms with Gasteiger partial charge in [0, 0.05) is 0 Å². The van der Waals surface area contributed by atoms with Gasteiger partial charge in [-0.2, -0.15) is 0 Å². The topological polar surface area (TPSA) is 46.5 Å². The van der Waals surface area contributed by atoms with Crippen LogP contribution in [0.5, 0.6) is 0 Å². The van der Waals surface area contributed by atoms with Gasteiger partial charge in [0.1, 0.15) is 6.61 Å². The van der Waals surface area contributed by atoms with E-state index in [1.54, 1.807) is 0 Å². The summed E-state index contributed by atoms with van der Waals surface area (Å²) in [5, 5.41) is 9.79. The first-order chi connectivity index (χ1) is 11.3. The lowest BCUT2D eigenvalue weighted by Crippen LogP contribution is -2.21. The summed E-state index contributed by atoms with van der Waals surface area (Å²) in [6, 6.07) is 0. The van der Waals surface area contributed by atoms with Crippen LogP contribution in [0, 0.1) is 0 Å². The smallest absolute Gasteiger partial charge is 0.308 e. The molecule has 0 aromatic rings. The first-order valence-corrected chi connectivity index (χ1v) is 10.4. The minimum atomic E-state index is -1.60. The number of hydrogen-bond donors (Lipinski definition) is 1. The van der Waals surface area contributed by atoms with Crippen molar-refractivity contribution in [2.45, 2.75) is 100 Å². The molecule has 1 atom stereocenters. The van der Waals surface area contributed by atoms with Crippen molar-refractivity contribution < 1.29 is 14.6 Å². The Balaban J connectivity index is 3.37. The molecule has 3 nitrogen and oxygen atoms in total. The second kappa shape index (κ2) is 15.5. The van der Waals surface area contributed by atoms with Crippen molar-refractivity contribution in [2.24, 2.45) is 0 Å². The standard InChI is InChI=1S/C18H33Cl3O3/c1-2-3-4-5-6-7-8-9-10-11-12-13-16(22)14-17(23)24-15-18(19,20)21/h16,22H,2-15H2,1H3/t16-/m0/s1. The number of halogens is 3. The number of esters is 1. The Bertz CT molecular complexity index is 306. The van der Waals surface area contributed by atoms with Gasteiger partial charge in [0.15, 0.2) is 0 Å². The highest BCUT2D eigenvalue weighted by Gasteiger charge is 2.22. The third-order valence-electron chi connectivity index (χ3n) is 3.94. The molecule has 1 N–H and O–H groups in total. The van der Waals surface area contributed by atoms with Crippen LogP contribution in [0.1, 0.15) is 90.4 Å². The maximum absolute atomic E-state index is 11.4. The van der Waals surface area contributed by atoms with Gasteiger partial charge in [-0.25, -0.2) is 0 Å². The third-order valence-corrected chi connectivity index (χ3v) is 4.27. The highest BCUT2D eigenvalue weighted by atomic mass is 35.6. The summed E-state index contributed by atoms with van der Waals surface area (Å²) in [4.78, 5) is 11.4. The van der Waals surface area contributed by atoms with E-state index in [2.05, 4.69) is 6.92 Å². The highest BCUT2D eigenvalue weighted by molar-refractivity contribution is 6.67. The average Bonchev–Trinajstić information content (AvgIpc) is 2.50. The molecular formula is C18H33Cl3O3. The fraction of sp³-hybridized carbons (Fsp3) is 0.944. The van der Waals surface area contributed by atoms with Crippen molar-refractivity contribution in [2.75, 3.05) is 6.61 Å². The molecule has 6 heteroatoms. The summed E-state index contributed by atoms with van der Waals surface area (Å²) < 4.78 is 3.19. The second-order valence-corrected chi connectivity index (χ2v) is 8.97. The van der Waals surface area contributed by atoms with Gasteiger partial charge in [0.2, 0.25) is 3.79 Å². The van der Waals surface area contributed by atoms with Gasteiger partial charge < -0.3 is 9.84 Å². The van der Waals surface area contributed by atoms with Crippen molar-refractivity contribution in [1.29, 1.82) is 0 Å². The van der Waals surface area contributed by atoms with Crippen LogP contribution in [0.2, 0.25) is 0 Å².